The maximum atomic E-state index is 10.2. The fourth-order valence-electron chi connectivity index (χ4n) is 2.67. The van der Waals surface area contributed by atoms with Gasteiger partial charge in [-0.05, 0) is 24.3 Å². The van der Waals surface area contributed by atoms with Crippen LogP contribution in [0.4, 0.5) is 0 Å². The van der Waals surface area contributed by atoms with Crippen molar-refractivity contribution in [1.82, 2.24) is 0 Å². The number of aromatic hydroxyl groups is 4. The van der Waals surface area contributed by atoms with Crippen molar-refractivity contribution in [3.05, 3.63) is 83.4 Å². The Kier molecular flexibility index (Phi) is 5.91. The van der Waals surface area contributed by atoms with Crippen LogP contribution in [0.5, 0.6) is 23.0 Å². The lowest BCUT2D eigenvalue weighted by Crippen LogP contribution is -2.06. The van der Waals surface area contributed by atoms with Crippen LogP contribution < -0.4 is 0 Å². The van der Waals surface area contributed by atoms with Crippen LogP contribution in [0, 0.1) is 0 Å². The molecule has 6 heteroatoms. The minimum Gasteiger partial charge on any atom is -0.508 e. The summed E-state index contributed by atoms with van der Waals surface area (Å²) in [6.07, 6.45) is 1.52. The highest BCUT2D eigenvalue weighted by atomic mass is 16.3. The third-order valence-corrected chi connectivity index (χ3v) is 4.03. The lowest BCUT2D eigenvalue weighted by atomic mass is 10.0. The largest absolute Gasteiger partial charge is 0.508 e. The van der Waals surface area contributed by atoms with Crippen LogP contribution >= 0.6 is 0 Å². The summed E-state index contributed by atoms with van der Waals surface area (Å²) in [5.74, 6) is -0.140. The van der Waals surface area contributed by atoms with Gasteiger partial charge in [-0.2, -0.15) is 0 Å². The molecule has 0 atom stereocenters. The van der Waals surface area contributed by atoms with E-state index in [4.69, 9.17) is 0 Å². The molecular weight excluding hydrogens is 356 g/mol. The summed E-state index contributed by atoms with van der Waals surface area (Å²) in [5.41, 5.74) is 2.45. The minimum absolute atomic E-state index is 0.0135. The molecule has 4 N–H and O–H groups in total. The van der Waals surface area contributed by atoms with Crippen LogP contribution in [0.1, 0.15) is 16.7 Å². The first kappa shape index (κ1) is 19.0. The molecule has 0 bridgehead atoms. The summed E-state index contributed by atoms with van der Waals surface area (Å²) >= 11 is 0. The summed E-state index contributed by atoms with van der Waals surface area (Å²) < 4.78 is 0. The number of nitrogens with zero attached hydrogens (tertiary/aromatic N) is 2. The molecule has 0 amide bonds. The number of hydrogen-bond acceptors (Lipinski definition) is 6. The Morgan fingerprint density at radius 3 is 2.11 bits per heavy atom. The van der Waals surface area contributed by atoms with Gasteiger partial charge >= 0.3 is 0 Å². The van der Waals surface area contributed by atoms with Crippen molar-refractivity contribution in [1.29, 1.82) is 0 Å². The van der Waals surface area contributed by atoms with Crippen LogP contribution in [0.2, 0.25) is 0 Å². The third-order valence-electron chi connectivity index (χ3n) is 4.03. The standard InChI is InChI=1S/C22H20N2O4/c25-17-7-6-16(20(27)12-17)14-23-10-11-24-22(15-4-2-1-3-5-15)19-9-8-18(26)13-21(19)28/h1-9,12-14,25-28H,10-11H2. The van der Waals surface area contributed by atoms with E-state index < -0.39 is 0 Å². The Labute approximate surface area is 162 Å². The second kappa shape index (κ2) is 8.73. The molecular formula is C22H20N2O4. The van der Waals surface area contributed by atoms with Gasteiger partial charge in [-0.15, -0.1) is 0 Å². The Morgan fingerprint density at radius 1 is 0.750 bits per heavy atom. The molecule has 0 heterocycles. The average molecular weight is 376 g/mol. The van der Waals surface area contributed by atoms with Gasteiger partial charge in [0.05, 0.1) is 18.8 Å². The normalized spacial score (nSPS) is 11.8. The molecule has 6 nitrogen and oxygen atoms in total. The topological polar surface area (TPSA) is 106 Å². The van der Waals surface area contributed by atoms with Crippen molar-refractivity contribution in [3.8, 4) is 23.0 Å². The first-order valence-electron chi connectivity index (χ1n) is 8.68. The number of aliphatic imine (C=N–C) groups is 2. The summed E-state index contributed by atoms with van der Waals surface area (Å²) in [4.78, 5) is 8.83. The zero-order valence-electron chi connectivity index (χ0n) is 15.0. The number of rotatable bonds is 6. The second-order valence-corrected chi connectivity index (χ2v) is 6.08. The van der Waals surface area contributed by atoms with Crippen molar-refractivity contribution in [3.63, 3.8) is 0 Å². The summed E-state index contributed by atoms with van der Waals surface area (Å²) in [6.45, 7) is 0.732. The van der Waals surface area contributed by atoms with E-state index in [1.165, 1.54) is 30.5 Å². The molecule has 3 aromatic carbocycles. The van der Waals surface area contributed by atoms with Gasteiger partial charge in [0.1, 0.15) is 23.0 Å². The summed E-state index contributed by atoms with van der Waals surface area (Å²) in [7, 11) is 0. The van der Waals surface area contributed by atoms with E-state index in [2.05, 4.69) is 9.98 Å². The zero-order valence-corrected chi connectivity index (χ0v) is 15.0. The van der Waals surface area contributed by atoms with Gasteiger partial charge in [0.2, 0.25) is 0 Å². The Hall–Kier alpha value is -3.80. The van der Waals surface area contributed by atoms with Gasteiger partial charge < -0.3 is 20.4 Å². The van der Waals surface area contributed by atoms with Crippen molar-refractivity contribution in [2.75, 3.05) is 13.1 Å². The van der Waals surface area contributed by atoms with E-state index in [0.29, 0.717) is 29.9 Å². The fourth-order valence-corrected chi connectivity index (χ4v) is 2.67. The molecule has 0 radical (unpaired) electrons. The van der Waals surface area contributed by atoms with Crippen LogP contribution in [0.25, 0.3) is 0 Å². The van der Waals surface area contributed by atoms with E-state index in [1.807, 2.05) is 30.3 Å². The van der Waals surface area contributed by atoms with Crippen molar-refractivity contribution >= 4 is 11.9 Å². The van der Waals surface area contributed by atoms with E-state index in [9.17, 15) is 20.4 Å². The molecule has 3 aromatic rings. The van der Waals surface area contributed by atoms with Gasteiger partial charge in [0, 0.05) is 35.0 Å². The highest BCUT2D eigenvalue weighted by Gasteiger charge is 2.11. The van der Waals surface area contributed by atoms with E-state index in [1.54, 1.807) is 12.1 Å². The maximum Gasteiger partial charge on any atom is 0.128 e. The molecule has 0 saturated heterocycles. The molecule has 0 spiro atoms. The molecule has 28 heavy (non-hydrogen) atoms. The highest BCUT2D eigenvalue weighted by molar-refractivity contribution is 6.14. The van der Waals surface area contributed by atoms with Gasteiger partial charge in [-0.1, -0.05) is 30.3 Å². The Morgan fingerprint density at radius 2 is 1.43 bits per heavy atom. The third kappa shape index (κ3) is 4.67. The molecule has 0 aliphatic heterocycles. The molecule has 3 rings (SSSR count). The van der Waals surface area contributed by atoms with Gasteiger partial charge in [0.25, 0.3) is 0 Å². The maximum absolute atomic E-state index is 10.2. The quantitative estimate of drug-likeness (QED) is 0.390. The van der Waals surface area contributed by atoms with Crippen molar-refractivity contribution in [2.45, 2.75) is 0 Å². The number of phenolic OH excluding ortho intramolecular Hbond substituents is 4. The molecule has 142 valence electrons. The fraction of sp³-hybridized carbons (Fsp3) is 0.0909. The monoisotopic (exact) mass is 376 g/mol. The van der Waals surface area contributed by atoms with Crippen LogP contribution in [-0.4, -0.2) is 45.4 Å². The zero-order chi connectivity index (χ0) is 19.9. The molecule has 0 saturated carbocycles. The van der Waals surface area contributed by atoms with E-state index in [-0.39, 0.29) is 23.0 Å². The lowest BCUT2D eigenvalue weighted by molar-refractivity contribution is 0.449. The minimum atomic E-state index is -0.0554. The van der Waals surface area contributed by atoms with E-state index >= 15 is 0 Å². The highest BCUT2D eigenvalue weighted by Crippen LogP contribution is 2.25. The van der Waals surface area contributed by atoms with Gasteiger partial charge in [-0.3, -0.25) is 9.98 Å². The van der Waals surface area contributed by atoms with Gasteiger partial charge in [0.15, 0.2) is 0 Å². The molecule has 0 aromatic heterocycles. The first-order valence-corrected chi connectivity index (χ1v) is 8.68. The average Bonchev–Trinajstić information content (AvgIpc) is 2.68. The van der Waals surface area contributed by atoms with Crippen molar-refractivity contribution in [2.24, 2.45) is 9.98 Å². The van der Waals surface area contributed by atoms with Gasteiger partial charge in [-0.25, -0.2) is 0 Å². The second-order valence-electron chi connectivity index (χ2n) is 6.08. The number of phenols is 4. The predicted molar refractivity (Wildman–Crippen MR) is 109 cm³/mol. The number of hydrogen-bond donors (Lipinski definition) is 4. The smallest absolute Gasteiger partial charge is 0.128 e. The molecule has 0 fully saturated rings. The first-order chi connectivity index (χ1) is 13.5. The summed E-state index contributed by atoms with van der Waals surface area (Å²) in [5, 5.41) is 38.8. The SMILES string of the molecule is Oc1ccc(C=NCCN=C(c2ccccc2)c2ccc(O)cc2O)c(O)c1. The van der Waals surface area contributed by atoms with Crippen LogP contribution in [0.3, 0.4) is 0 Å². The van der Waals surface area contributed by atoms with Crippen LogP contribution in [0.15, 0.2) is 76.7 Å². The van der Waals surface area contributed by atoms with Crippen LogP contribution in [-0.2, 0) is 0 Å². The van der Waals surface area contributed by atoms with Crippen molar-refractivity contribution < 1.29 is 20.4 Å². The Bertz CT molecular complexity index is 1010. The molecule has 0 aliphatic carbocycles. The predicted octanol–water partition coefficient (Wildman–Crippen LogP) is 3.47. The number of benzene rings is 3. The van der Waals surface area contributed by atoms with E-state index in [0.717, 1.165) is 5.56 Å². The lowest BCUT2D eigenvalue weighted by Gasteiger charge is -2.10. The Balaban J connectivity index is 1.79. The molecule has 0 unspecified atom stereocenters. The summed E-state index contributed by atoms with van der Waals surface area (Å²) in [6, 6.07) is 18.1. The molecule has 0 aliphatic rings.